The standard InChI is InChI=1S/C9H19NO2S/c1-7(2)10-9(12)6-13-8(3)4-5-11/h7-8,11H,4-6H2,1-3H3,(H,10,12). The van der Waals surface area contributed by atoms with Gasteiger partial charge in [-0.2, -0.15) is 0 Å². The normalized spacial score (nSPS) is 13.0. The zero-order chi connectivity index (χ0) is 10.3. The van der Waals surface area contributed by atoms with Crippen molar-refractivity contribution in [3.8, 4) is 0 Å². The van der Waals surface area contributed by atoms with E-state index in [1.54, 1.807) is 11.8 Å². The zero-order valence-corrected chi connectivity index (χ0v) is 9.36. The van der Waals surface area contributed by atoms with Gasteiger partial charge in [0.1, 0.15) is 0 Å². The fraction of sp³-hybridized carbons (Fsp3) is 0.889. The minimum absolute atomic E-state index is 0.0739. The Morgan fingerprint density at radius 1 is 1.46 bits per heavy atom. The largest absolute Gasteiger partial charge is 0.396 e. The lowest BCUT2D eigenvalue weighted by Crippen LogP contribution is -2.31. The van der Waals surface area contributed by atoms with Gasteiger partial charge in [0.25, 0.3) is 0 Å². The summed E-state index contributed by atoms with van der Waals surface area (Å²) in [5.41, 5.74) is 0. The van der Waals surface area contributed by atoms with Crippen LogP contribution in [0.2, 0.25) is 0 Å². The van der Waals surface area contributed by atoms with Crippen LogP contribution in [0.15, 0.2) is 0 Å². The average molecular weight is 205 g/mol. The van der Waals surface area contributed by atoms with Crippen LogP contribution in [0, 0.1) is 0 Å². The molecule has 1 unspecified atom stereocenters. The van der Waals surface area contributed by atoms with Crippen molar-refractivity contribution in [2.45, 2.75) is 38.5 Å². The van der Waals surface area contributed by atoms with Gasteiger partial charge in [-0.05, 0) is 20.3 Å². The van der Waals surface area contributed by atoms with E-state index in [9.17, 15) is 4.79 Å². The molecule has 2 N–H and O–H groups in total. The average Bonchev–Trinajstić information content (AvgIpc) is 2.00. The van der Waals surface area contributed by atoms with Crippen molar-refractivity contribution in [3.63, 3.8) is 0 Å². The molecule has 13 heavy (non-hydrogen) atoms. The fourth-order valence-corrected chi connectivity index (χ4v) is 1.64. The Labute approximate surface area is 84.3 Å². The van der Waals surface area contributed by atoms with E-state index in [2.05, 4.69) is 5.32 Å². The van der Waals surface area contributed by atoms with E-state index in [1.165, 1.54) is 0 Å². The highest BCUT2D eigenvalue weighted by atomic mass is 32.2. The van der Waals surface area contributed by atoms with Crippen LogP contribution in [0.4, 0.5) is 0 Å². The highest BCUT2D eigenvalue weighted by Crippen LogP contribution is 2.12. The molecule has 78 valence electrons. The summed E-state index contributed by atoms with van der Waals surface area (Å²) < 4.78 is 0. The number of thioether (sulfide) groups is 1. The fourth-order valence-electron chi connectivity index (χ4n) is 0.847. The molecule has 0 bridgehead atoms. The number of amides is 1. The second-order valence-electron chi connectivity index (χ2n) is 3.36. The van der Waals surface area contributed by atoms with Crippen LogP contribution < -0.4 is 5.32 Å². The lowest BCUT2D eigenvalue weighted by atomic mass is 10.3. The van der Waals surface area contributed by atoms with Crippen molar-refractivity contribution < 1.29 is 9.90 Å². The first kappa shape index (κ1) is 12.8. The molecule has 0 aliphatic rings. The minimum atomic E-state index is 0.0739. The number of carbonyl (C=O) groups excluding carboxylic acids is 1. The van der Waals surface area contributed by atoms with E-state index in [0.29, 0.717) is 11.0 Å². The minimum Gasteiger partial charge on any atom is -0.396 e. The molecule has 1 amide bonds. The molecule has 0 aromatic heterocycles. The number of rotatable bonds is 6. The van der Waals surface area contributed by atoms with Gasteiger partial charge in [-0.3, -0.25) is 4.79 Å². The maximum Gasteiger partial charge on any atom is 0.230 e. The van der Waals surface area contributed by atoms with Gasteiger partial charge in [0.2, 0.25) is 5.91 Å². The Bertz CT molecular complexity index is 151. The SMILES string of the molecule is CC(C)NC(=O)CSC(C)CCO. The van der Waals surface area contributed by atoms with E-state index in [1.807, 2.05) is 20.8 Å². The van der Waals surface area contributed by atoms with E-state index in [0.717, 1.165) is 6.42 Å². The Morgan fingerprint density at radius 3 is 2.54 bits per heavy atom. The molecule has 0 saturated carbocycles. The summed E-state index contributed by atoms with van der Waals surface area (Å²) in [6.45, 7) is 6.10. The third-order valence-corrected chi connectivity index (χ3v) is 2.72. The molecule has 0 aliphatic heterocycles. The van der Waals surface area contributed by atoms with Gasteiger partial charge >= 0.3 is 0 Å². The maximum absolute atomic E-state index is 11.2. The molecular weight excluding hydrogens is 186 g/mol. The molecule has 0 aromatic rings. The first-order valence-corrected chi connectivity index (χ1v) is 5.63. The lowest BCUT2D eigenvalue weighted by Gasteiger charge is -2.11. The Hall–Kier alpha value is -0.220. The van der Waals surface area contributed by atoms with Crippen LogP contribution in [0.3, 0.4) is 0 Å². The Morgan fingerprint density at radius 2 is 2.08 bits per heavy atom. The summed E-state index contributed by atoms with van der Waals surface area (Å²) in [5.74, 6) is 0.559. The molecule has 0 spiro atoms. The van der Waals surface area contributed by atoms with Gasteiger partial charge < -0.3 is 10.4 Å². The van der Waals surface area contributed by atoms with Crippen molar-refractivity contribution >= 4 is 17.7 Å². The van der Waals surface area contributed by atoms with Crippen LogP contribution in [-0.4, -0.2) is 34.7 Å². The third kappa shape index (κ3) is 8.12. The number of nitrogens with one attached hydrogen (secondary N) is 1. The smallest absolute Gasteiger partial charge is 0.230 e. The Balaban J connectivity index is 3.46. The number of hydrogen-bond donors (Lipinski definition) is 2. The molecule has 0 aliphatic carbocycles. The molecule has 0 saturated heterocycles. The van der Waals surface area contributed by atoms with Gasteiger partial charge in [-0.1, -0.05) is 6.92 Å². The number of hydrogen-bond acceptors (Lipinski definition) is 3. The molecule has 3 nitrogen and oxygen atoms in total. The van der Waals surface area contributed by atoms with Crippen molar-refractivity contribution in [1.82, 2.24) is 5.32 Å². The molecule has 0 aromatic carbocycles. The van der Waals surface area contributed by atoms with Crippen molar-refractivity contribution in [2.24, 2.45) is 0 Å². The first-order valence-electron chi connectivity index (χ1n) is 4.58. The van der Waals surface area contributed by atoms with E-state index >= 15 is 0 Å². The second-order valence-corrected chi connectivity index (χ2v) is 4.78. The zero-order valence-electron chi connectivity index (χ0n) is 8.54. The number of aliphatic hydroxyl groups is 1. The van der Waals surface area contributed by atoms with Crippen LogP contribution in [0.5, 0.6) is 0 Å². The molecule has 0 radical (unpaired) electrons. The summed E-state index contributed by atoms with van der Waals surface area (Å²) in [5, 5.41) is 11.8. The van der Waals surface area contributed by atoms with E-state index < -0.39 is 0 Å². The van der Waals surface area contributed by atoms with Gasteiger partial charge in [0.15, 0.2) is 0 Å². The predicted molar refractivity (Wildman–Crippen MR) is 56.9 cm³/mol. The molecule has 1 atom stereocenters. The van der Waals surface area contributed by atoms with E-state index in [4.69, 9.17) is 5.11 Å². The summed E-state index contributed by atoms with van der Waals surface area (Å²) in [6.07, 6.45) is 0.750. The third-order valence-electron chi connectivity index (χ3n) is 1.48. The number of carbonyl (C=O) groups is 1. The topological polar surface area (TPSA) is 49.3 Å². The summed E-state index contributed by atoms with van der Waals surface area (Å²) in [6, 6.07) is 0.209. The van der Waals surface area contributed by atoms with Crippen molar-refractivity contribution in [1.29, 1.82) is 0 Å². The molecule has 4 heteroatoms. The van der Waals surface area contributed by atoms with Crippen LogP contribution in [-0.2, 0) is 4.79 Å². The summed E-state index contributed by atoms with van der Waals surface area (Å²) in [7, 11) is 0. The van der Waals surface area contributed by atoms with E-state index in [-0.39, 0.29) is 18.6 Å². The van der Waals surface area contributed by atoms with Gasteiger partial charge in [-0.15, -0.1) is 11.8 Å². The van der Waals surface area contributed by atoms with Crippen molar-refractivity contribution in [3.05, 3.63) is 0 Å². The van der Waals surface area contributed by atoms with Crippen molar-refractivity contribution in [2.75, 3.05) is 12.4 Å². The first-order chi connectivity index (χ1) is 6.06. The quantitative estimate of drug-likeness (QED) is 0.680. The maximum atomic E-state index is 11.2. The van der Waals surface area contributed by atoms with Crippen LogP contribution in [0.1, 0.15) is 27.2 Å². The predicted octanol–water partition coefficient (Wildman–Crippen LogP) is 1.02. The van der Waals surface area contributed by atoms with Gasteiger partial charge in [-0.25, -0.2) is 0 Å². The van der Waals surface area contributed by atoms with Crippen LogP contribution in [0.25, 0.3) is 0 Å². The molecule has 0 fully saturated rings. The number of aliphatic hydroxyl groups excluding tert-OH is 1. The monoisotopic (exact) mass is 205 g/mol. The highest BCUT2D eigenvalue weighted by Gasteiger charge is 2.07. The second kappa shape index (κ2) is 7.21. The van der Waals surface area contributed by atoms with Gasteiger partial charge in [0.05, 0.1) is 5.75 Å². The van der Waals surface area contributed by atoms with Gasteiger partial charge in [0, 0.05) is 17.9 Å². The molecule has 0 rings (SSSR count). The highest BCUT2D eigenvalue weighted by molar-refractivity contribution is 8.00. The Kier molecular flexibility index (Phi) is 7.09. The summed E-state index contributed by atoms with van der Waals surface area (Å²) in [4.78, 5) is 11.2. The molecule has 0 heterocycles. The van der Waals surface area contributed by atoms with Crippen LogP contribution >= 0.6 is 11.8 Å². The summed E-state index contributed by atoms with van der Waals surface area (Å²) >= 11 is 1.58. The molecular formula is C9H19NO2S. The lowest BCUT2D eigenvalue weighted by molar-refractivity contribution is -0.119.